The Balaban J connectivity index is 0.000000203. The van der Waals surface area contributed by atoms with Gasteiger partial charge in [-0.1, -0.05) is 19.1 Å². The van der Waals surface area contributed by atoms with Crippen molar-refractivity contribution in [3.63, 3.8) is 0 Å². The SMILES string of the molecule is CC(CO)(CO)CO.O=C1OC(=O)c2ccccc21. The second kappa shape index (κ2) is 6.42. The van der Waals surface area contributed by atoms with E-state index in [-0.39, 0.29) is 19.8 Å². The minimum absolute atomic E-state index is 0.181. The summed E-state index contributed by atoms with van der Waals surface area (Å²) in [6.07, 6.45) is 0. The van der Waals surface area contributed by atoms with Crippen LogP contribution in [0.4, 0.5) is 0 Å². The van der Waals surface area contributed by atoms with Crippen LogP contribution in [0, 0.1) is 5.41 Å². The van der Waals surface area contributed by atoms with Crippen LogP contribution < -0.4 is 0 Å². The van der Waals surface area contributed by atoms with Crippen LogP contribution in [-0.4, -0.2) is 47.1 Å². The predicted octanol–water partition coefficient (Wildman–Crippen LogP) is -0.0332. The molecule has 0 radical (unpaired) electrons. The largest absolute Gasteiger partial charge is 0.396 e. The van der Waals surface area contributed by atoms with Gasteiger partial charge >= 0.3 is 11.9 Å². The molecule has 2 rings (SSSR count). The molecule has 1 aromatic rings. The third-order valence-corrected chi connectivity index (χ3v) is 2.70. The van der Waals surface area contributed by atoms with E-state index in [9.17, 15) is 9.59 Å². The lowest BCUT2D eigenvalue weighted by Gasteiger charge is -2.20. The molecule has 104 valence electrons. The average Bonchev–Trinajstić information content (AvgIpc) is 2.75. The number of esters is 2. The van der Waals surface area contributed by atoms with Gasteiger partial charge in [-0.25, -0.2) is 9.59 Å². The lowest BCUT2D eigenvalue weighted by Crippen LogP contribution is -2.29. The van der Waals surface area contributed by atoms with Crippen LogP contribution in [-0.2, 0) is 4.74 Å². The van der Waals surface area contributed by atoms with Crippen LogP contribution in [0.1, 0.15) is 27.6 Å². The Hall–Kier alpha value is -1.76. The van der Waals surface area contributed by atoms with Crippen molar-refractivity contribution in [3.8, 4) is 0 Å². The molecular formula is C13H16O6. The van der Waals surface area contributed by atoms with E-state index in [4.69, 9.17) is 15.3 Å². The molecule has 1 aliphatic heterocycles. The number of aliphatic hydroxyl groups excluding tert-OH is 3. The topological polar surface area (TPSA) is 104 Å². The molecule has 0 saturated heterocycles. The Labute approximate surface area is 110 Å². The van der Waals surface area contributed by atoms with Crippen LogP contribution in [0.5, 0.6) is 0 Å². The second-order valence-electron chi connectivity index (χ2n) is 4.51. The zero-order chi connectivity index (χ0) is 14.5. The van der Waals surface area contributed by atoms with Gasteiger partial charge in [-0.3, -0.25) is 0 Å². The van der Waals surface area contributed by atoms with Gasteiger partial charge in [0.25, 0.3) is 0 Å². The number of fused-ring (bicyclic) bond motifs is 1. The molecule has 3 N–H and O–H groups in total. The molecule has 1 aromatic carbocycles. The van der Waals surface area contributed by atoms with E-state index in [1.807, 2.05) is 0 Å². The van der Waals surface area contributed by atoms with E-state index in [0.717, 1.165) is 0 Å². The van der Waals surface area contributed by atoms with Gasteiger partial charge in [-0.05, 0) is 12.1 Å². The Kier molecular flexibility index (Phi) is 5.17. The summed E-state index contributed by atoms with van der Waals surface area (Å²) in [5, 5.41) is 25.4. The molecule has 0 amide bonds. The first-order valence-electron chi connectivity index (χ1n) is 5.65. The molecule has 0 aliphatic carbocycles. The number of carbonyl (C=O) groups is 2. The Morgan fingerprint density at radius 2 is 1.32 bits per heavy atom. The minimum Gasteiger partial charge on any atom is -0.396 e. The molecule has 19 heavy (non-hydrogen) atoms. The highest BCUT2D eigenvalue weighted by Crippen LogP contribution is 2.18. The first-order valence-corrected chi connectivity index (χ1v) is 5.65. The standard InChI is InChI=1S/C8H4O3.C5H12O3/c9-7-5-3-1-2-4-6(5)8(10)11-7;1-5(2-6,3-7)4-8/h1-4H;6-8H,2-4H2,1H3. The number of hydrogen-bond acceptors (Lipinski definition) is 6. The molecule has 0 aromatic heterocycles. The lowest BCUT2D eigenvalue weighted by atomic mass is 9.95. The van der Waals surface area contributed by atoms with Gasteiger partial charge in [-0.15, -0.1) is 0 Å². The fourth-order valence-electron chi connectivity index (χ4n) is 1.18. The molecule has 6 heteroatoms. The van der Waals surface area contributed by atoms with Gasteiger partial charge in [0.2, 0.25) is 0 Å². The summed E-state index contributed by atoms with van der Waals surface area (Å²) in [7, 11) is 0. The van der Waals surface area contributed by atoms with E-state index in [2.05, 4.69) is 4.74 Å². The summed E-state index contributed by atoms with van der Waals surface area (Å²) in [5.74, 6) is -1.10. The number of ether oxygens (including phenoxy) is 1. The van der Waals surface area contributed by atoms with Crippen molar-refractivity contribution in [2.45, 2.75) is 6.92 Å². The van der Waals surface area contributed by atoms with Crippen molar-refractivity contribution in [2.24, 2.45) is 5.41 Å². The summed E-state index contributed by atoms with van der Waals surface area (Å²) in [6.45, 7) is 1.06. The van der Waals surface area contributed by atoms with E-state index >= 15 is 0 Å². The van der Waals surface area contributed by atoms with Crippen molar-refractivity contribution in [1.29, 1.82) is 0 Å². The molecule has 0 unspecified atom stereocenters. The van der Waals surface area contributed by atoms with Gasteiger partial charge in [-0.2, -0.15) is 0 Å². The first-order chi connectivity index (χ1) is 8.97. The molecule has 0 atom stereocenters. The third-order valence-electron chi connectivity index (χ3n) is 2.70. The molecule has 0 saturated carbocycles. The summed E-state index contributed by atoms with van der Waals surface area (Å²) >= 11 is 0. The molecular weight excluding hydrogens is 252 g/mol. The van der Waals surface area contributed by atoms with E-state index < -0.39 is 17.4 Å². The van der Waals surface area contributed by atoms with Crippen molar-refractivity contribution < 1.29 is 29.6 Å². The number of rotatable bonds is 3. The maximum atomic E-state index is 10.8. The zero-order valence-corrected chi connectivity index (χ0v) is 10.5. The summed E-state index contributed by atoms with van der Waals surface area (Å²) in [5.41, 5.74) is 0.00926. The van der Waals surface area contributed by atoms with E-state index in [1.54, 1.807) is 31.2 Å². The Morgan fingerprint density at radius 1 is 0.947 bits per heavy atom. The summed E-state index contributed by atoms with van der Waals surface area (Å²) < 4.78 is 4.35. The van der Waals surface area contributed by atoms with Crippen molar-refractivity contribution in [2.75, 3.05) is 19.8 Å². The van der Waals surface area contributed by atoms with Crippen LogP contribution >= 0.6 is 0 Å². The number of aliphatic hydroxyl groups is 3. The van der Waals surface area contributed by atoms with Crippen LogP contribution in [0.2, 0.25) is 0 Å². The van der Waals surface area contributed by atoms with Crippen molar-refractivity contribution >= 4 is 11.9 Å². The molecule has 0 fully saturated rings. The van der Waals surface area contributed by atoms with Crippen LogP contribution in [0.15, 0.2) is 24.3 Å². The smallest absolute Gasteiger partial charge is 0.346 e. The van der Waals surface area contributed by atoms with Crippen molar-refractivity contribution in [3.05, 3.63) is 35.4 Å². The Morgan fingerprint density at radius 3 is 1.58 bits per heavy atom. The fourth-order valence-corrected chi connectivity index (χ4v) is 1.18. The highest BCUT2D eigenvalue weighted by molar-refractivity contribution is 6.14. The van der Waals surface area contributed by atoms with Gasteiger partial charge in [0.15, 0.2) is 0 Å². The van der Waals surface area contributed by atoms with Crippen LogP contribution in [0.3, 0.4) is 0 Å². The van der Waals surface area contributed by atoms with Gasteiger partial charge in [0.05, 0.1) is 30.9 Å². The Bertz CT molecular complexity index is 423. The first kappa shape index (κ1) is 15.3. The minimum atomic E-state index is -0.708. The number of carbonyl (C=O) groups excluding carboxylic acids is 2. The highest BCUT2D eigenvalue weighted by atomic mass is 16.6. The monoisotopic (exact) mass is 268 g/mol. The maximum absolute atomic E-state index is 10.8. The quantitative estimate of drug-likeness (QED) is 0.525. The normalized spacial score (nSPS) is 13.5. The number of cyclic esters (lactones) is 2. The van der Waals surface area contributed by atoms with Gasteiger partial charge in [0, 0.05) is 5.41 Å². The maximum Gasteiger partial charge on any atom is 0.346 e. The molecule has 1 heterocycles. The lowest BCUT2D eigenvalue weighted by molar-refractivity contribution is 0.0200. The van der Waals surface area contributed by atoms with Crippen LogP contribution in [0.25, 0.3) is 0 Å². The fraction of sp³-hybridized carbons (Fsp3) is 0.385. The zero-order valence-electron chi connectivity index (χ0n) is 10.5. The third kappa shape index (κ3) is 3.60. The molecule has 0 spiro atoms. The highest BCUT2D eigenvalue weighted by Gasteiger charge is 2.28. The predicted molar refractivity (Wildman–Crippen MR) is 65.6 cm³/mol. The number of hydrogen-bond donors (Lipinski definition) is 3. The second-order valence-corrected chi connectivity index (χ2v) is 4.51. The molecule has 6 nitrogen and oxygen atoms in total. The number of benzene rings is 1. The molecule has 0 bridgehead atoms. The average molecular weight is 268 g/mol. The molecule has 1 aliphatic rings. The van der Waals surface area contributed by atoms with E-state index in [0.29, 0.717) is 11.1 Å². The summed E-state index contributed by atoms with van der Waals surface area (Å²) in [4.78, 5) is 21.7. The summed E-state index contributed by atoms with van der Waals surface area (Å²) in [6, 6.07) is 6.53. The van der Waals surface area contributed by atoms with E-state index in [1.165, 1.54) is 0 Å². The van der Waals surface area contributed by atoms with Gasteiger partial charge in [0.1, 0.15) is 0 Å². The van der Waals surface area contributed by atoms with Gasteiger partial charge < -0.3 is 20.1 Å². The van der Waals surface area contributed by atoms with Crippen molar-refractivity contribution in [1.82, 2.24) is 0 Å².